The van der Waals surface area contributed by atoms with Gasteiger partial charge in [-0.15, -0.1) is 22.7 Å². The van der Waals surface area contributed by atoms with Crippen molar-refractivity contribution in [2.45, 2.75) is 0 Å². The van der Waals surface area contributed by atoms with Crippen LogP contribution in [0.4, 0.5) is 8.78 Å². The van der Waals surface area contributed by atoms with E-state index in [2.05, 4.69) is 60.7 Å². The average Bonchev–Trinajstić information content (AvgIpc) is 2.81. The first-order valence-electron chi connectivity index (χ1n) is 10.4. The molecule has 6 aromatic carbocycles. The fraction of sp³-hybridized carbons (Fsp3) is 0. The topological polar surface area (TPSA) is 0 Å². The van der Waals surface area contributed by atoms with Gasteiger partial charge in [0.25, 0.3) is 0 Å². The third-order valence-electron chi connectivity index (χ3n) is 6.72. The first kappa shape index (κ1) is 17.2. The summed E-state index contributed by atoms with van der Waals surface area (Å²) in [6.45, 7) is 0. The van der Waals surface area contributed by atoms with E-state index in [0.29, 0.717) is 0 Å². The van der Waals surface area contributed by atoms with Crippen molar-refractivity contribution >= 4 is 95.3 Å². The molecule has 0 bridgehead atoms. The molecule has 0 saturated carbocycles. The van der Waals surface area contributed by atoms with Gasteiger partial charge in [-0.05, 0) is 68.0 Å². The Labute approximate surface area is 188 Å². The van der Waals surface area contributed by atoms with Gasteiger partial charge in [0, 0.05) is 35.0 Å². The molecule has 2 heterocycles. The van der Waals surface area contributed by atoms with E-state index >= 15 is 0 Å². The van der Waals surface area contributed by atoms with Gasteiger partial charge in [-0.2, -0.15) is 0 Å². The van der Waals surface area contributed by atoms with Crippen molar-refractivity contribution in [3.05, 3.63) is 84.4 Å². The van der Waals surface area contributed by atoms with E-state index in [9.17, 15) is 8.78 Å². The minimum atomic E-state index is -0.800. The van der Waals surface area contributed by atoms with Gasteiger partial charge in [-0.1, -0.05) is 42.5 Å². The van der Waals surface area contributed by atoms with Crippen molar-refractivity contribution in [3.8, 4) is 0 Å². The fourth-order valence-electron chi connectivity index (χ4n) is 5.40. The van der Waals surface area contributed by atoms with Gasteiger partial charge in [-0.3, -0.25) is 0 Å². The third-order valence-corrected chi connectivity index (χ3v) is 8.94. The monoisotopic (exact) mass is 450 g/mol. The normalized spacial score (nSPS) is 12.7. The number of benzene rings is 6. The van der Waals surface area contributed by atoms with Crippen molar-refractivity contribution in [1.82, 2.24) is 0 Å². The van der Waals surface area contributed by atoms with Crippen molar-refractivity contribution in [1.29, 1.82) is 0 Å². The number of hydrogen-bond donors (Lipinski definition) is 0. The van der Waals surface area contributed by atoms with Crippen LogP contribution in [0, 0.1) is 11.6 Å². The molecule has 0 spiro atoms. The lowest BCUT2D eigenvalue weighted by molar-refractivity contribution is 0.511. The molecule has 0 aliphatic carbocycles. The Balaban J connectivity index is 1.71. The summed E-state index contributed by atoms with van der Waals surface area (Å²) < 4.78 is 32.6. The highest BCUT2D eigenvalue weighted by Gasteiger charge is 2.19. The maximum atomic E-state index is 14.2. The van der Waals surface area contributed by atoms with E-state index in [1.165, 1.54) is 70.6 Å². The summed E-state index contributed by atoms with van der Waals surface area (Å²) in [5.74, 6) is -1.60. The van der Waals surface area contributed by atoms with Crippen LogP contribution in [0.2, 0.25) is 0 Å². The van der Waals surface area contributed by atoms with E-state index in [1.807, 2.05) is 11.3 Å². The molecule has 0 N–H and O–H groups in total. The van der Waals surface area contributed by atoms with E-state index in [4.69, 9.17) is 0 Å². The molecule has 2 aromatic heterocycles. The standard InChI is InChI=1S/C28H12F2S2/c29-19-11-18-17-8-6-14-9-23-27-16(15-3-1-2-4-21(15)31-23)7-5-13-10-24(28(17)26(14)25(13)27)32-22(18)12-20(19)30/h1-12H. The van der Waals surface area contributed by atoms with Gasteiger partial charge in [-0.25, -0.2) is 8.78 Å². The van der Waals surface area contributed by atoms with Crippen LogP contribution >= 0.6 is 22.7 Å². The van der Waals surface area contributed by atoms with Gasteiger partial charge in [0.2, 0.25) is 0 Å². The van der Waals surface area contributed by atoms with Gasteiger partial charge >= 0.3 is 0 Å². The lowest BCUT2D eigenvalue weighted by Gasteiger charge is -2.18. The summed E-state index contributed by atoms with van der Waals surface area (Å²) in [4.78, 5) is 0. The quantitative estimate of drug-likeness (QED) is 0.159. The van der Waals surface area contributed by atoms with Gasteiger partial charge in [0.15, 0.2) is 11.6 Å². The molecular formula is C28H12F2S2. The Morgan fingerprint density at radius 1 is 0.438 bits per heavy atom. The van der Waals surface area contributed by atoms with E-state index in [-0.39, 0.29) is 0 Å². The molecule has 0 atom stereocenters. The zero-order valence-corrected chi connectivity index (χ0v) is 18.1. The molecule has 0 amide bonds. The Bertz CT molecular complexity index is 2060. The highest BCUT2D eigenvalue weighted by molar-refractivity contribution is 7.25. The van der Waals surface area contributed by atoms with Crippen molar-refractivity contribution in [3.63, 3.8) is 0 Å². The summed E-state index contributed by atoms with van der Waals surface area (Å²) in [6, 6.07) is 24.4. The number of halogens is 2. The maximum Gasteiger partial charge on any atom is 0.160 e. The van der Waals surface area contributed by atoms with Crippen molar-refractivity contribution in [2.24, 2.45) is 0 Å². The van der Waals surface area contributed by atoms with Gasteiger partial charge < -0.3 is 0 Å². The highest BCUT2D eigenvalue weighted by atomic mass is 32.1. The Morgan fingerprint density at radius 2 is 1.03 bits per heavy atom. The van der Waals surface area contributed by atoms with Crippen LogP contribution in [0.3, 0.4) is 0 Å². The summed E-state index contributed by atoms with van der Waals surface area (Å²) in [5, 5.41) is 11.6. The lowest BCUT2D eigenvalue weighted by Crippen LogP contribution is -1.90. The first-order chi connectivity index (χ1) is 15.7. The third kappa shape index (κ3) is 2.00. The fourth-order valence-corrected chi connectivity index (χ4v) is 7.75. The molecule has 0 radical (unpaired) electrons. The van der Waals surface area contributed by atoms with Crippen LogP contribution in [0.25, 0.3) is 72.7 Å². The molecule has 32 heavy (non-hydrogen) atoms. The van der Waals surface area contributed by atoms with Crippen molar-refractivity contribution in [2.75, 3.05) is 0 Å². The van der Waals surface area contributed by atoms with E-state index < -0.39 is 11.6 Å². The van der Waals surface area contributed by atoms with E-state index in [1.54, 1.807) is 0 Å². The summed E-state index contributed by atoms with van der Waals surface area (Å²) in [5.41, 5.74) is 0. The van der Waals surface area contributed by atoms with Crippen LogP contribution in [0.1, 0.15) is 0 Å². The Morgan fingerprint density at radius 3 is 1.75 bits per heavy atom. The van der Waals surface area contributed by atoms with E-state index in [0.717, 1.165) is 25.6 Å². The zero-order valence-electron chi connectivity index (χ0n) is 16.5. The zero-order chi connectivity index (χ0) is 21.1. The summed E-state index contributed by atoms with van der Waals surface area (Å²) in [7, 11) is 0. The molecule has 0 aliphatic rings. The van der Waals surface area contributed by atoms with Gasteiger partial charge in [0.1, 0.15) is 0 Å². The van der Waals surface area contributed by atoms with Crippen LogP contribution < -0.4 is 0 Å². The summed E-state index contributed by atoms with van der Waals surface area (Å²) in [6.07, 6.45) is 0. The molecule has 8 aromatic rings. The average molecular weight is 451 g/mol. The molecular weight excluding hydrogens is 438 g/mol. The highest BCUT2D eigenvalue weighted by Crippen LogP contribution is 2.48. The number of fused-ring (bicyclic) bond motifs is 4. The smallest absolute Gasteiger partial charge is 0.160 e. The molecule has 4 heteroatoms. The molecule has 0 aliphatic heterocycles. The largest absolute Gasteiger partial charge is 0.204 e. The maximum absolute atomic E-state index is 14.2. The van der Waals surface area contributed by atoms with Gasteiger partial charge in [0.05, 0.1) is 0 Å². The Kier molecular flexibility index (Phi) is 3.08. The molecule has 0 nitrogen and oxygen atoms in total. The minimum Gasteiger partial charge on any atom is -0.204 e. The minimum absolute atomic E-state index is 0.764. The molecule has 8 rings (SSSR count). The summed E-state index contributed by atoms with van der Waals surface area (Å²) >= 11 is 3.36. The second-order valence-electron chi connectivity index (χ2n) is 8.38. The second-order valence-corrected chi connectivity index (χ2v) is 10.6. The van der Waals surface area contributed by atoms with Crippen LogP contribution in [0.5, 0.6) is 0 Å². The molecule has 0 unspecified atom stereocenters. The first-order valence-corrected chi connectivity index (χ1v) is 12.0. The SMILES string of the molecule is Fc1cc2sc3cc4ccc5c6ccccc6sc6cc7ccc(c2cc1F)c3c7c4c65. The number of rotatable bonds is 0. The molecule has 0 saturated heterocycles. The van der Waals surface area contributed by atoms with Crippen LogP contribution in [-0.2, 0) is 0 Å². The predicted molar refractivity (Wildman–Crippen MR) is 136 cm³/mol. The second kappa shape index (κ2) is 5.71. The number of hydrogen-bond acceptors (Lipinski definition) is 2. The molecule has 0 fully saturated rings. The van der Waals surface area contributed by atoms with Crippen molar-refractivity contribution < 1.29 is 8.78 Å². The molecule has 150 valence electrons. The predicted octanol–water partition coefficient (Wildman–Crippen LogP) is 9.60. The Hall–Kier alpha value is -3.34. The van der Waals surface area contributed by atoms with Crippen LogP contribution in [-0.4, -0.2) is 0 Å². The lowest BCUT2D eigenvalue weighted by atomic mass is 9.90. The van der Waals surface area contributed by atoms with Crippen LogP contribution in [0.15, 0.2) is 72.8 Å².